The highest BCUT2D eigenvalue weighted by Gasteiger charge is 2.37. The van der Waals surface area contributed by atoms with E-state index in [1.165, 1.54) is 12.1 Å². The average molecular weight is 800 g/mol. The number of carbonyl (C=O) groups is 2. The van der Waals surface area contributed by atoms with Crippen LogP contribution in [0.3, 0.4) is 0 Å². The first-order valence-electron chi connectivity index (χ1n) is 19.7. The predicted octanol–water partition coefficient (Wildman–Crippen LogP) is 5.89. The SMILES string of the molecule is O=C(NC(c1ccccc1)c1cccc(OCc2ccc(C(=O)OCc3cc(CNC[C@@H](O)c4ccc(O)c5[nH]c(=O)ccc45)on3)cc2)c1)O[C@H]1CN2CCC1CC2. The van der Waals surface area contributed by atoms with Crippen LogP contribution in [0.2, 0.25) is 0 Å². The summed E-state index contributed by atoms with van der Waals surface area (Å²) in [6.07, 6.45) is 0.650. The Morgan fingerprint density at radius 2 is 1.71 bits per heavy atom. The number of aromatic amines is 1. The number of phenols is 1. The summed E-state index contributed by atoms with van der Waals surface area (Å²) in [5.74, 6) is 0.909. The number of aliphatic hydroxyl groups is 1. The summed E-state index contributed by atoms with van der Waals surface area (Å²) >= 11 is 0. The number of pyridine rings is 1. The fourth-order valence-corrected chi connectivity index (χ4v) is 7.75. The van der Waals surface area contributed by atoms with Crippen molar-refractivity contribution in [3.05, 3.63) is 159 Å². The number of hydrogen-bond donors (Lipinski definition) is 5. The highest BCUT2D eigenvalue weighted by molar-refractivity contribution is 5.89. The van der Waals surface area contributed by atoms with E-state index in [9.17, 15) is 24.6 Å². The number of ether oxygens (including phenoxy) is 3. The van der Waals surface area contributed by atoms with Crippen molar-refractivity contribution in [2.45, 2.75) is 50.8 Å². The van der Waals surface area contributed by atoms with Gasteiger partial charge in [0.05, 0.1) is 29.8 Å². The third-order valence-corrected chi connectivity index (χ3v) is 10.9. The Bertz CT molecular complexity index is 2440. The van der Waals surface area contributed by atoms with Crippen molar-refractivity contribution in [2.75, 3.05) is 26.2 Å². The molecule has 5 N–H and O–H groups in total. The van der Waals surface area contributed by atoms with Crippen molar-refractivity contribution in [3.8, 4) is 11.5 Å². The number of piperidine rings is 3. The largest absolute Gasteiger partial charge is 0.506 e. The molecule has 0 spiro atoms. The molecule has 0 aliphatic carbocycles. The second kappa shape index (κ2) is 18.0. The van der Waals surface area contributed by atoms with E-state index in [1.807, 2.05) is 54.6 Å². The molecule has 2 aromatic heterocycles. The first-order valence-corrected chi connectivity index (χ1v) is 19.7. The lowest BCUT2D eigenvalue weighted by molar-refractivity contribution is -0.0336. The molecule has 1 unspecified atom stereocenters. The zero-order chi connectivity index (χ0) is 40.7. The number of H-pyrrole nitrogens is 1. The fraction of sp³-hybridized carbons (Fsp3) is 0.289. The molecule has 304 valence electrons. The van der Waals surface area contributed by atoms with Crippen molar-refractivity contribution in [2.24, 2.45) is 5.92 Å². The van der Waals surface area contributed by atoms with Gasteiger partial charge in [0, 0.05) is 30.6 Å². The number of fused-ring (bicyclic) bond motifs is 4. The van der Waals surface area contributed by atoms with Crippen molar-refractivity contribution in [3.63, 3.8) is 0 Å². The summed E-state index contributed by atoms with van der Waals surface area (Å²) in [6, 6.07) is 31.5. The Hall–Kier alpha value is -6.48. The van der Waals surface area contributed by atoms with Gasteiger partial charge in [-0.05, 0) is 90.5 Å². The lowest BCUT2D eigenvalue weighted by Gasteiger charge is -2.43. The fourth-order valence-electron chi connectivity index (χ4n) is 7.75. The Morgan fingerprint density at radius 1 is 0.915 bits per heavy atom. The van der Waals surface area contributed by atoms with Crippen LogP contribution in [0.15, 0.2) is 119 Å². The van der Waals surface area contributed by atoms with Crippen LogP contribution in [-0.4, -0.2) is 69.6 Å². The molecule has 3 fully saturated rings. The second-order valence-corrected chi connectivity index (χ2v) is 14.9. The van der Waals surface area contributed by atoms with Gasteiger partial charge in [0.1, 0.15) is 36.5 Å². The summed E-state index contributed by atoms with van der Waals surface area (Å²) in [4.78, 5) is 42.7. The minimum absolute atomic E-state index is 0.0832. The molecular weight excluding hydrogens is 755 g/mol. The van der Waals surface area contributed by atoms with E-state index in [-0.39, 0.29) is 49.2 Å². The van der Waals surface area contributed by atoms with E-state index < -0.39 is 24.2 Å². The van der Waals surface area contributed by atoms with Gasteiger partial charge < -0.3 is 44.6 Å². The minimum Gasteiger partial charge on any atom is -0.506 e. The van der Waals surface area contributed by atoms with Crippen LogP contribution in [-0.2, 0) is 29.2 Å². The van der Waals surface area contributed by atoms with E-state index in [1.54, 1.807) is 42.5 Å². The number of phenolic OH excluding ortho intramolecular Hbond substituents is 1. The lowest BCUT2D eigenvalue weighted by Crippen LogP contribution is -2.52. The van der Waals surface area contributed by atoms with E-state index in [4.69, 9.17) is 18.7 Å². The second-order valence-electron chi connectivity index (χ2n) is 14.9. The maximum Gasteiger partial charge on any atom is 0.408 e. The summed E-state index contributed by atoms with van der Waals surface area (Å²) in [5, 5.41) is 31.6. The molecule has 14 nitrogen and oxygen atoms in total. The highest BCUT2D eigenvalue weighted by Crippen LogP contribution is 2.31. The quantitative estimate of drug-likeness (QED) is 0.0777. The topological polar surface area (TPSA) is 188 Å². The minimum atomic E-state index is -0.935. The van der Waals surface area contributed by atoms with Gasteiger partial charge in [0.25, 0.3) is 0 Å². The first kappa shape index (κ1) is 39.4. The number of amides is 1. The van der Waals surface area contributed by atoms with Crippen LogP contribution >= 0.6 is 0 Å². The molecule has 0 saturated carbocycles. The normalized spacial score (nSPS) is 18.2. The van der Waals surface area contributed by atoms with Gasteiger partial charge in [-0.15, -0.1) is 0 Å². The third-order valence-electron chi connectivity index (χ3n) is 10.9. The van der Waals surface area contributed by atoms with Crippen LogP contribution in [0.1, 0.15) is 69.1 Å². The van der Waals surface area contributed by atoms with Gasteiger partial charge in [-0.3, -0.25) is 9.69 Å². The maximum absolute atomic E-state index is 13.2. The van der Waals surface area contributed by atoms with Gasteiger partial charge in [-0.25, -0.2) is 9.59 Å². The van der Waals surface area contributed by atoms with E-state index in [2.05, 4.69) is 25.7 Å². The van der Waals surface area contributed by atoms with Crippen LogP contribution in [0.25, 0.3) is 10.9 Å². The smallest absolute Gasteiger partial charge is 0.408 e. The number of carbonyl (C=O) groups excluding carboxylic acids is 2. The molecule has 3 aliphatic rings. The Balaban J connectivity index is 0.806. The lowest BCUT2D eigenvalue weighted by atomic mass is 9.86. The number of nitrogens with zero attached hydrogens (tertiary/aromatic N) is 2. The monoisotopic (exact) mass is 799 g/mol. The van der Waals surface area contributed by atoms with Crippen LogP contribution < -0.4 is 20.9 Å². The Kier molecular flexibility index (Phi) is 12.0. The number of alkyl carbamates (subject to hydrolysis) is 1. The molecule has 3 aliphatic heterocycles. The maximum atomic E-state index is 13.2. The van der Waals surface area contributed by atoms with Gasteiger partial charge in [0.15, 0.2) is 5.76 Å². The summed E-state index contributed by atoms with van der Waals surface area (Å²) < 4.78 is 22.9. The molecule has 0 radical (unpaired) electrons. The summed E-state index contributed by atoms with van der Waals surface area (Å²) in [5.41, 5.74) is 3.85. The summed E-state index contributed by atoms with van der Waals surface area (Å²) in [6.45, 7) is 3.48. The molecule has 1 amide bonds. The Labute approximate surface area is 339 Å². The summed E-state index contributed by atoms with van der Waals surface area (Å²) in [7, 11) is 0. The molecule has 3 saturated heterocycles. The first-order chi connectivity index (χ1) is 28.8. The predicted molar refractivity (Wildman–Crippen MR) is 217 cm³/mol. The number of nitrogens with one attached hydrogen (secondary N) is 3. The zero-order valence-electron chi connectivity index (χ0n) is 32.2. The van der Waals surface area contributed by atoms with E-state index >= 15 is 0 Å². The van der Waals surface area contributed by atoms with Crippen molar-refractivity contribution in [1.82, 2.24) is 25.7 Å². The van der Waals surface area contributed by atoms with Gasteiger partial charge in [-0.1, -0.05) is 65.8 Å². The van der Waals surface area contributed by atoms with Gasteiger partial charge in [-0.2, -0.15) is 0 Å². The average Bonchev–Trinajstić information content (AvgIpc) is 3.72. The molecular formula is C45H45N5O9. The molecule has 2 bridgehead atoms. The number of hydrogen-bond acceptors (Lipinski definition) is 12. The van der Waals surface area contributed by atoms with Gasteiger partial charge >= 0.3 is 12.1 Å². The number of aliphatic hydroxyl groups excluding tert-OH is 1. The highest BCUT2D eigenvalue weighted by atomic mass is 16.6. The van der Waals surface area contributed by atoms with Crippen molar-refractivity contribution in [1.29, 1.82) is 0 Å². The number of aromatic nitrogens is 2. The van der Waals surface area contributed by atoms with Crippen molar-refractivity contribution < 1.29 is 38.5 Å². The van der Waals surface area contributed by atoms with Crippen LogP contribution in [0.5, 0.6) is 11.5 Å². The standard InChI is InChI=1S/C45H45N5O9/c51-38-15-13-36(37-14-16-41(53)47-43(37)38)39(52)24-46-23-35-22-33(49-59-35)27-57-44(54)31-11-9-28(10-12-31)26-56-34-8-4-7-32(21-34)42(30-5-2-1-3-6-30)48-45(55)58-40-25-50-19-17-29(40)18-20-50/h1-16,21-22,29,39-40,42,46,51-52H,17-20,23-27H2,(H,47,53)(H,48,55)/t39-,40+,42?/m1/s1. The number of rotatable bonds is 15. The Morgan fingerprint density at radius 3 is 2.49 bits per heavy atom. The molecule has 6 aromatic rings. The zero-order valence-corrected chi connectivity index (χ0v) is 32.2. The van der Waals surface area contributed by atoms with Crippen molar-refractivity contribution >= 4 is 23.0 Å². The molecule has 9 rings (SSSR count). The van der Waals surface area contributed by atoms with Crippen LogP contribution in [0, 0.1) is 5.92 Å². The molecule has 5 heterocycles. The van der Waals surface area contributed by atoms with Gasteiger partial charge in [0.2, 0.25) is 5.56 Å². The third kappa shape index (κ3) is 9.63. The molecule has 14 heteroatoms. The van der Waals surface area contributed by atoms with E-state index in [0.717, 1.165) is 49.2 Å². The molecule has 59 heavy (non-hydrogen) atoms. The van der Waals surface area contributed by atoms with Crippen LogP contribution in [0.4, 0.5) is 4.79 Å². The molecule has 3 atom stereocenters. The molecule has 4 aromatic carbocycles. The number of benzene rings is 4. The number of esters is 1. The van der Waals surface area contributed by atoms with E-state index in [0.29, 0.717) is 39.6 Å². The number of aromatic hydroxyl groups is 1.